The molecule has 0 amide bonds. The van der Waals surface area contributed by atoms with Crippen molar-refractivity contribution < 1.29 is 23.8 Å². The van der Waals surface area contributed by atoms with E-state index in [1.165, 1.54) is 116 Å². The highest BCUT2D eigenvalue weighted by Crippen LogP contribution is 2.15. The zero-order valence-electron chi connectivity index (χ0n) is 44.6. The van der Waals surface area contributed by atoms with Crippen LogP contribution in [0.15, 0.2) is 109 Å². The molecule has 1 atom stereocenters. The maximum atomic E-state index is 12.8. The number of esters is 2. The Morgan fingerprint density at radius 2 is 0.691 bits per heavy atom. The summed E-state index contributed by atoms with van der Waals surface area (Å²) in [6.45, 7) is 7.50. The molecule has 0 heterocycles. The number of carbonyl (C=O) groups excluding carboxylic acids is 2. The molecule has 0 aromatic carbocycles. The number of rotatable bonds is 51. The first-order valence-corrected chi connectivity index (χ1v) is 28.4. The van der Waals surface area contributed by atoms with Crippen molar-refractivity contribution in [3.63, 3.8) is 0 Å². The summed E-state index contributed by atoms with van der Waals surface area (Å²) in [5, 5.41) is 0. The molecule has 0 aliphatic rings. The zero-order valence-corrected chi connectivity index (χ0v) is 44.6. The minimum Gasteiger partial charge on any atom is -0.462 e. The van der Waals surface area contributed by atoms with Crippen LogP contribution in [0.2, 0.25) is 0 Å². The predicted octanol–water partition coefficient (Wildman–Crippen LogP) is 19.6. The van der Waals surface area contributed by atoms with Gasteiger partial charge in [-0.1, -0.05) is 259 Å². The van der Waals surface area contributed by atoms with Gasteiger partial charge >= 0.3 is 11.9 Å². The van der Waals surface area contributed by atoms with Crippen LogP contribution in [-0.2, 0) is 23.8 Å². The second-order valence-corrected chi connectivity index (χ2v) is 18.4. The number of carbonyl (C=O) groups is 2. The van der Waals surface area contributed by atoms with Crippen molar-refractivity contribution >= 4 is 11.9 Å². The Kier molecular flexibility index (Phi) is 54.9. The van der Waals surface area contributed by atoms with E-state index in [-0.39, 0.29) is 31.6 Å². The minimum absolute atomic E-state index is 0.0356. The lowest BCUT2D eigenvalue weighted by Gasteiger charge is -2.18. The summed E-state index contributed by atoms with van der Waals surface area (Å²) in [4.78, 5) is 25.4. The van der Waals surface area contributed by atoms with E-state index < -0.39 is 6.10 Å². The SMILES string of the molecule is CC/C=C\C/C=C\C/C=C\C/C=C\C/C=C\CCCCCC(=O)OCC(COCCCCCCCCCCCCCCCCCCCCCC)OC(=O)CC/C=C\C/C=C\C/C=C\C/C=C\CC. The fraction of sp³-hybridized carbons (Fsp3) is 0.683. The molecule has 5 heteroatoms. The smallest absolute Gasteiger partial charge is 0.306 e. The molecule has 0 spiro atoms. The Balaban J connectivity index is 4.35. The van der Waals surface area contributed by atoms with E-state index in [9.17, 15) is 9.59 Å². The summed E-state index contributed by atoms with van der Waals surface area (Å²) in [6.07, 6.45) is 79.9. The van der Waals surface area contributed by atoms with Gasteiger partial charge in [-0.15, -0.1) is 0 Å². The summed E-state index contributed by atoms with van der Waals surface area (Å²) in [6, 6.07) is 0. The van der Waals surface area contributed by atoms with Gasteiger partial charge < -0.3 is 14.2 Å². The van der Waals surface area contributed by atoms with Gasteiger partial charge in [0.15, 0.2) is 6.10 Å². The van der Waals surface area contributed by atoms with E-state index in [4.69, 9.17) is 14.2 Å². The van der Waals surface area contributed by atoms with Gasteiger partial charge in [-0.3, -0.25) is 9.59 Å². The first-order valence-electron chi connectivity index (χ1n) is 28.4. The van der Waals surface area contributed by atoms with Crippen LogP contribution >= 0.6 is 0 Å². The van der Waals surface area contributed by atoms with Gasteiger partial charge in [0.05, 0.1) is 6.61 Å². The molecule has 0 aliphatic heterocycles. The van der Waals surface area contributed by atoms with Crippen LogP contribution in [0.4, 0.5) is 0 Å². The fourth-order valence-electron chi connectivity index (χ4n) is 7.67. The van der Waals surface area contributed by atoms with Crippen molar-refractivity contribution in [3.8, 4) is 0 Å². The topological polar surface area (TPSA) is 61.8 Å². The zero-order chi connectivity index (χ0) is 49.2. The van der Waals surface area contributed by atoms with Crippen molar-refractivity contribution in [3.05, 3.63) is 109 Å². The normalized spacial score (nSPS) is 13.0. The highest BCUT2D eigenvalue weighted by Gasteiger charge is 2.17. The van der Waals surface area contributed by atoms with E-state index in [0.29, 0.717) is 19.4 Å². The lowest BCUT2D eigenvalue weighted by molar-refractivity contribution is -0.162. The molecule has 0 radical (unpaired) electrons. The largest absolute Gasteiger partial charge is 0.462 e. The highest BCUT2D eigenvalue weighted by molar-refractivity contribution is 5.70. The van der Waals surface area contributed by atoms with E-state index in [2.05, 4.69) is 124 Å². The summed E-state index contributed by atoms with van der Waals surface area (Å²) < 4.78 is 17.4. The third-order valence-corrected chi connectivity index (χ3v) is 11.8. The maximum Gasteiger partial charge on any atom is 0.306 e. The first-order chi connectivity index (χ1) is 33.6. The highest BCUT2D eigenvalue weighted by atomic mass is 16.6. The van der Waals surface area contributed by atoms with Gasteiger partial charge in [0.1, 0.15) is 6.61 Å². The molecule has 0 fully saturated rings. The minimum atomic E-state index is -0.593. The van der Waals surface area contributed by atoms with Crippen LogP contribution in [0.3, 0.4) is 0 Å². The number of allylic oxidation sites excluding steroid dienone is 18. The molecule has 0 bridgehead atoms. The molecular formula is C63H106O5. The number of unbranched alkanes of at least 4 members (excludes halogenated alkanes) is 22. The third kappa shape index (κ3) is 55.2. The monoisotopic (exact) mass is 943 g/mol. The molecular weight excluding hydrogens is 837 g/mol. The van der Waals surface area contributed by atoms with Gasteiger partial charge in [-0.05, 0) is 89.9 Å². The Bertz CT molecular complexity index is 1340. The number of ether oxygens (including phenoxy) is 3. The van der Waals surface area contributed by atoms with Crippen molar-refractivity contribution in [2.24, 2.45) is 0 Å². The molecule has 1 unspecified atom stereocenters. The summed E-state index contributed by atoms with van der Waals surface area (Å²) in [5.41, 5.74) is 0. The second kappa shape index (κ2) is 57.9. The Hall–Kier alpha value is -3.44. The number of hydrogen-bond acceptors (Lipinski definition) is 5. The van der Waals surface area contributed by atoms with Gasteiger partial charge in [-0.25, -0.2) is 0 Å². The van der Waals surface area contributed by atoms with Crippen LogP contribution in [0.5, 0.6) is 0 Å². The quantitative estimate of drug-likeness (QED) is 0.0345. The standard InChI is InChI=1S/C63H106O5/c1-4-7-10-13-16-19-22-25-27-29-31-33-35-37-40-43-46-49-52-55-58-66-59-61(68-63(65)57-54-51-48-45-42-38-24-21-18-15-12-9-6-3)60-67-62(64)56-53-50-47-44-41-39-36-34-32-30-28-26-23-20-17-14-11-8-5-2/h8-9,11-12,17-18,20-21,26,28,32,34,38-39,41-42,48,51,61H,4-7,10,13-16,19,22-25,27,29-31,33,35-37,40,43-47,49-50,52-60H2,1-3H3/b11-8-,12-9-,20-17-,21-18-,28-26-,34-32-,41-39-,42-38-,51-48-. The summed E-state index contributed by atoms with van der Waals surface area (Å²) >= 11 is 0. The molecule has 68 heavy (non-hydrogen) atoms. The summed E-state index contributed by atoms with van der Waals surface area (Å²) in [5.74, 6) is -0.527. The van der Waals surface area contributed by atoms with Crippen molar-refractivity contribution in [2.45, 2.75) is 258 Å². The lowest BCUT2D eigenvalue weighted by atomic mass is 10.0. The first kappa shape index (κ1) is 64.6. The number of hydrogen-bond donors (Lipinski definition) is 0. The molecule has 0 aromatic rings. The van der Waals surface area contributed by atoms with Crippen LogP contribution < -0.4 is 0 Å². The third-order valence-electron chi connectivity index (χ3n) is 11.8. The lowest BCUT2D eigenvalue weighted by Crippen LogP contribution is -2.30. The van der Waals surface area contributed by atoms with Crippen LogP contribution in [0, 0.1) is 0 Å². The molecule has 0 aromatic heterocycles. The van der Waals surface area contributed by atoms with E-state index >= 15 is 0 Å². The average molecular weight is 944 g/mol. The molecule has 0 saturated carbocycles. The van der Waals surface area contributed by atoms with Gasteiger partial charge in [-0.2, -0.15) is 0 Å². The predicted molar refractivity (Wildman–Crippen MR) is 297 cm³/mol. The Morgan fingerprint density at radius 1 is 0.338 bits per heavy atom. The summed E-state index contributed by atoms with van der Waals surface area (Å²) in [7, 11) is 0. The van der Waals surface area contributed by atoms with E-state index in [0.717, 1.165) is 96.3 Å². The molecule has 388 valence electrons. The second-order valence-electron chi connectivity index (χ2n) is 18.4. The molecule has 0 saturated heterocycles. The van der Waals surface area contributed by atoms with E-state index in [1.807, 2.05) is 6.08 Å². The van der Waals surface area contributed by atoms with Crippen LogP contribution in [0.1, 0.15) is 252 Å². The molecule has 5 nitrogen and oxygen atoms in total. The van der Waals surface area contributed by atoms with E-state index in [1.54, 1.807) is 0 Å². The van der Waals surface area contributed by atoms with Gasteiger partial charge in [0, 0.05) is 19.4 Å². The van der Waals surface area contributed by atoms with Crippen molar-refractivity contribution in [1.82, 2.24) is 0 Å². The van der Waals surface area contributed by atoms with Crippen molar-refractivity contribution in [2.75, 3.05) is 19.8 Å². The molecule has 0 rings (SSSR count). The average Bonchev–Trinajstić information content (AvgIpc) is 3.34. The van der Waals surface area contributed by atoms with Gasteiger partial charge in [0.25, 0.3) is 0 Å². The molecule has 0 aliphatic carbocycles. The van der Waals surface area contributed by atoms with Gasteiger partial charge in [0.2, 0.25) is 0 Å². The molecule has 0 N–H and O–H groups in total. The van der Waals surface area contributed by atoms with Crippen molar-refractivity contribution in [1.29, 1.82) is 0 Å². The fourth-order valence-corrected chi connectivity index (χ4v) is 7.67. The van der Waals surface area contributed by atoms with Crippen LogP contribution in [-0.4, -0.2) is 37.9 Å². The Morgan fingerprint density at radius 3 is 1.10 bits per heavy atom. The maximum absolute atomic E-state index is 12.8. The van der Waals surface area contributed by atoms with Crippen LogP contribution in [0.25, 0.3) is 0 Å². The Labute approximate surface area is 421 Å².